The van der Waals surface area contributed by atoms with Gasteiger partial charge in [-0.15, -0.1) is 0 Å². The molecule has 0 aromatic heterocycles. The molecule has 51 heteroatoms. The first-order valence-corrected chi connectivity index (χ1v) is 46.2. The van der Waals surface area contributed by atoms with Gasteiger partial charge in [0.05, 0.1) is 6.04 Å². The Labute approximate surface area is 786 Å². The molecule has 0 spiro atoms. The van der Waals surface area contributed by atoms with Crippen molar-refractivity contribution in [3.8, 4) is 0 Å². The van der Waals surface area contributed by atoms with E-state index in [0.29, 0.717) is 51.5 Å². The van der Waals surface area contributed by atoms with Gasteiger partial charge in [0.25, 0.3) is 0 Å². The minimum atomic E-state index is -1.61. The molecule has 2 fully saturated rings. The van der Waals surface area contributed by atoms with E-state index in [1.54, 1.807) is 27.7 Å². The number of carboxylic acid groups (broad SMARTS) is 1. The summed E-state index contributed by atoms with van der Waals surface area (Å²) in [4.78, 5) is 277. The van der Waals surface area contributed by atoms with Gasteiger partial charge >= 0.3 is 5.97 Å². The SMILES string of the molecule is CC(C)[C@H](NC(=O)[C@H](CCCCN)NC(=O)[C@H](CCCNC(=N)N)NC(=O)[C@H]1CCCN1C(=O)[C@H](CCCCN)NC(=O)[C@H](C)N)C(=O)N[C@@H](C)C(=O)N[C@@H](C)C(=O)N[C@@H](CCC(N)=O)C(=O)N[C@@H](C)C(=O)N[C@@H](CCCCN)C(=O)N1CCC[C@H]1C(=O)N[C@@H](CCCNC(=N)N)C(=O)N[C@H](CCCCN)C(=O)N[C@H](C(=O)N[C@@H](C)C(=O)N[C@@H](C)C(=O)N[C@@H](CCC(N)=O)C(=O)O)C(C)C. The van der Waals surface area contributed by atoms with Crippen LogP contribution in [0.25, 0.3) is 0 Å². The van der Waals surface area contributed by atoms with Crippen LogP contribution in [0.2, 0.25) is 0 Å². The minimum absolute atomic E-state index is 0.0113. The van der Waals surface area contributed by atoms with Gasteiger partial charge in [0.1, 0.15) is 103 Å². The Bertz CT molecular complexity index is 4010. The summed E-state index contributed by atoms with van der Waals surface area (Å²) in [7, 11) is 0. The van der Waals surface area contributed by atoms with Gasteiger partial charge in [-0.1, -0.05) is 27.7 Å². The van der Waals surface area contributed by atoms with Crippen molar-refractivity contribution >= 4 is 130 Å². The predicted molar refractivity (Wildman–Crippen MR) is 495 cm³/mol. The molecule has 0 saturated carbocycles. The number of carbonyl (C=O) groups excluding carboxylic acids is 19. The van der Waals surface area contributed by atoms with E-state index in [1.807, 2.05) is 0 Å². The summed E-state index contributed by atoms with van der Waals surface area (Å²) in [5, 5.41) is 68.5. The Kier molecular flexibility index (Phi) is 54.9. The van der Waals surface area contributed by atoms with Crippen molar-refractivity contribution in [2.24, 2.45) is 63.4 Å². The molecule has 2 aliphatic rings. The van der Waals surface area contributed by atoms with Crippen LogP contribution in [0.5, 0.6) is 0 Å². The van der Waals surface area contributed by atoms with Crippen LogP contribution in [-0.4, -0.2) is 306 Å². The molecular formula is C84H152N30O21. The van der Waals surface area contributed by atoms with E-state index in [-0.39, 0.29) is 148 Å². The van der Waals surface area contributed by atoms with Gasteiger partial charge in [0, 0.05) is 39.0 Å². The predicted octanol–water partition coefficient (Wildman–Crippen LogP) is -9.34. The van der Waals surface area contributed by atoms with Crippen LogP contribution < -0.4 is 142 Å². The molecule has 135 heavy (non-hydrogen) atoms. The fraction of sp³-hybridized carbons (Fsp3) is 0.738. The lowest BCUT2D eigenvalue weighted by atomic mass is 10.0. The minimum Gasteiger partial charge on any atom is -0.480 e. The lowest BCUT2D eigenvalue weighted by molar-refractivity contribution is -0.143. The summed E-state index contributed by atoms with van der Waals surface area (Å²) in [5.74, 6) is -19.5. The smallest absolute Gasteiger partial charge is 0.326 e. The molecule has 51 nitrogen and oxygen atoms in total. The molecule has 0 aromatic rings. The largest absolute Gasteiger partial charge is 0.480 e. The number of carbonyl (C=O) groups is 20. The van der Waals surface area contributed by atoms with Crippen LogP contribution in [0.4, 0.5) is 0 Å². The second kappa shape index (κ2) is 62.3. The molecule has 0 unspecified atom stereocenters. The quantitative estimate of drug-likeness (QED) is 0.0153. The highest BCUT2D eigenvalue weighted by atomic mass is 16.4. The molecule has 38 N–H and O–H groups in total. The first-order chi connectivity index (χ1) is 63.5. The molecule has 764 valence electrons. The molecule has 2 saturated heterocycles. The maximum atomic E-state index is 14.8. The van der Waals surface area contributed by atoms with Crippen molar-refractivity contribution in [3.63, 3.8) is 0 Å². The van der Waals surface area contributed by atoms with Crippen molar-refractivity contribution in [1.29, 1.82) is 10.8 Å². The second-order valence-corrected chi connectivity index (χ2v) is 34.7. The molecule has 0 bridgehead atoms. The summed E-state index contributed by atoms with van der Waals surface area (Å²) < 4.78 is 0. The molecule has 0 radical (unpaired) electrons. The van der Waals surface area contributed by atoms with E-state index < -0.39 is 258 Å². The zero-order valence-corrected chi connectivity index (χ0v) is 79.4. The number of aliphatic carboxylic acids is 1. The third kappa shape index (κ3) is 43.8. The van der Waals surface area contributed by atoms with Gasteiger partial charge in [-0.05, 0) is 221 Å². The summed E-state index contributed by atoms with van der Waals surface area (Å²) in [6.45, 7) is 15.3. The van der Waals surface area contributed by atoms with E-state index in [0.717, 1.165) is 0 Å². The highest BCUT2D eigenvalue weighted by Gasteiger charge is 2.44. The lowest BCUT2D eigenvalue weighted by Gasteiger charge is -2.31. The monoisotopic (exact) mass is 1920 g/mol. The van der Waals surface area contributed by atoms with Gasteiger partial charge < -0.3 is 157 Å². The zero-order chi connectivity index (χ0) is 102. The Balaban J connectivity index is 2.36. The fourth-order valence-corrected chi connectivity index (χ4v) is 14.5. The number of hydrogen-bond acceptors (Lipinski definition) is 27. The topological polar surface area (TPSA) is 854 Å². The standard InChI is InChI=1S/C84H152N30O21/c1-43(2)63(111-74(126)51(23-11-15-35-85)104-72(124)53(27-19-39-96-83(92)93)106-76(128)59-29-21-41-113(59)80(132)56(25-13-17-37-87)108-65(117)45(5)89)78(130)101-46(6)66(118)98-48(8)68(120)103-55(31-33-61(90)115)71(123)100-50(10)69(121)109-57(26-14-18-38-88)81(133)114-42-22-30-60(114)77(129)107-54(28-20-40-97-84(94)95)73(125)105-52(24-12-16-36-86)75(127)112-64(44(3)4)79(131)102-47(7)67(119)99-49(9)70(122)110-58(82(134)135)32-34-62(91)116/h43-60,63-64H,11-42,85-89H2,1-10H3,(H2,90,115)(H2,91,116)(H,98,118)(H,99,119)(H,100,123)(H,101,130)(H,102,131)(H,103,120)(H,104,124)(H,105,125)(H,106,128)(H,107,129)(H,108,117)(H,109,121)(H,110,122)(H,111,126)(H,112,127)(H,134,135)(H4,92,93,96)(H4,94,95,97)/t45-,46-,47-,48-,49-,50-,51-,52+,53-,54-,55-,56-,57-,58-,59+,60-,63-,64-/m0/s1. The normalized spacial score (nSPS) is 17.0. The number of amides is 19. The summed E-state index contributed by atoms with van der Waals surface area (Å²) in [6.07, 6.45) is 2.52. The molecule has 2 aliphatic heterocycles. The van der Waals surface area contributed by atoms with Gasteiger partial charge in [-0.25, -0.2) is 4.79 Å². The number of nitrogens with one attached hydrogen (secondary N) is 19. The van der Waals surface area contributed by atoms with Crippen LogP contribution >= 0.6 is 0 Å². The summed E-state index contributed by atoms with van der Waals surface area (Å²) >= 11 is 0. The molecule has 18 atom stereocenters. The number of hydrogen-bond donors (Lipinski definition) is 29. The summed E-state index contributed by atoms with van der Waals surface area (Å²) in [5.41, 5.74) is 50.7. The molecular weight excluding hydrogens is 1770 g/mol. The fourth-order valence-electron chi connectivity index (χ4n) is 14.5. The number of carboxylic acids is 1. The Morgan fingerprint density at radius 3 is 0.874 bits per heavy atom. The third-order valence-electron chi connectivity index (χ3n) is 22.5. The first kappa shape index (κ1) is 119. The van der Waals surface area contributed by atoms with E-state index in [9.17, 15) is 101 Å². The average Bonchev–Trinajstić information content (AvgIpc) is 1.68. The second-order valence-electron chi connectivity index (χ2n) is 34.7. The van der Waals surface area contributed by atoms with Gasteiger partial charge in [0.2, 0.25) is 112 Å². The maximum absolute atomic E-state index is 14.8. The number of unbranched alkanes of at least 4 members (excludes halogenated alkanes) is 4. The van der Waals surface area contributed by atoms with Crippen LogP contribution in [-0.2, 0) is 95.9 Å². The van der Waals surface area contributed by atoms with Crippen LogP contribution in [0.15, 0.2) is 0 Å². The molecule has 19 amide bonds. The molecule has 0 aliphatic carbocycles. The van der Waals surface area contributed by atoms with Crippen molar-refractivity contribution in [1.82, 2.24) is 100 Å². The first-order valence-electron chi connectivity index (χ1n) is 46.2. The highest BCUT2D eigenvalue weighted by molar-refractivity contribution is 6.02. The maximum Gasteiger partial charge on any atom is 0.326 e. The van der Waals surface area contributed by atoms with E-state index >= 15 is 0 Å². The van der Waals surface area contributed by atoms with Crippen LogP contribution in [0, 0.1) is 22.7 Å². The third-order valence-corrected chi connectivity index (χ3v) is 22.5. The van der Waals surface area contributed by atoms with Gasteiger partial charge in [0.15, 0.2) is 11.9 Å². The number of likely N-dealkylation sites (tertiary alicyclic amines) is 2. The molecule has 2 rings (SSSR count). The van der Waals surface area contributed by atoms with Crippen LogP contribution in [0.3, 0.4) is 0 Å². The number of rotatable bonds is 65. The molecule has 0 aromatic carbocycles. The average molecular weight is 1920 g/mol. The summed E-state index contributed by atoms with van der Waals surface area (Å²) in [6, 6.07) is -24.1. The zero-order valence-electron chi connectivity index (χ0n) is 79.4. The van der Waals surface area contributed by atoms with Crippen molar-refractivity contribution in [3.05, 3.63) is 0 Å². The number of primary amides is 2. The van der Waals surface area contributed by atoms with E-state index in [2.05, 4.69) is 90.4 Å². The van der Waals surface area contributed by atoms with Gasteiger partial charge in [-0.2, -0.15) is 0 Å². The van der Waals surface area contributed by atoms with Crippen molar-refractivity contribution in [2.45, 2.75) is 332 Å². The van der Waals surface area contributed by atoms with E-state index in [4.69, 9.17) is 62.4 Å². The number of nitrogens with zero attached hydrogens (tertiary/aromatic N) is 2. The van der Waals surface area contributed by atoms with Crippen molar-refractivity contribution in [2.75, 3.05) is 52.4 Å². The van der Waals surface area contributed by atoms with Crippen LogP contribution in [0.1, 0.15) is 223 Å². The molecule has 2 heterocycles. The number of nitrogens with two attached hydrogens (primary N) is 9. The highest BCUT2D eigenvalue weighted by Crippen LogP contribution is 2.24. The Hall–Kier alpha value is -12.3. The lowest BCUT2D eigenvalue weighted by Crippen LogP contribution is -2.61. The Morgan fingerprint density at radius 1 is 0.311 bits per heavy atom. The Morgan fingerprint density at radius 2 is 0.563 bits per heavy atom. The van der Waals surface area contributed by atoms with Crippen molar-refractivity contribution < 1.29 is 101 Å². The number of guanidine groups is 2. The van der Waals surface area contributed by atoms with Gasteiger partial charge in [-0.3, -0.25) is 102 Å². The van der Waals surface area contributed by atoms with E-state index in [1.165, 1.54) is 51.3 Å².